The van der Waals surface area contributed by atoms with Crippen molar-refractivity contribution < 1.29 is 4.74 Å². The highest BCUT2D eigenvalue weighted by Crippen LogP contribution is 2.25. The van der Waals surface area contributed by atoms with Crippen molar-refractivity contribution in [1.29, 1.82) is 0 Å². The highest BCUT2D eigenvalue weighted by Gasteiger charge is 2.05. The first-order valence-electron chi connectivity index (χ1n) is 6.08. The number of hydrogen-bond donors (Lipinski definition) is 1. The van der Waals surface area contributed by atoms with Crippen LogP contribution in [0.3, 0.4) is 0 Å². The van der Waals surface area contributed by atoms with E-state index in [9.17, 15) is 0 Å². The highest BCUT2D eigenvalue weighted by molar-refractivity contribution is 5.84. The van der Waals surface area contributed by atoms with Gasteiger partial charge in [0.1, 0.15) is 5.75 Å². The van der Waals surface area contributed by atoms with Crippen LogP contribution in [0.2, 0.25) is 0 Å². The average Bonchev–Trinajstić information content (AvgIpc) is 2.37. The number of nitrogens with two attached hydrogens (primary N) is 1. The van der Waals surface area contributed by atoms with Crippen molar-refractivity contribution in [2.24, 2.45) is 5.73 Å². The molecule has 0 amide bonds. The lowest BCUT2D eigenvalue weighted by Gasteiger charge is -2.12. The van der Waals surface area contributed by atoms with Crippen LogP contribution in [0.4, 0.5) is 0 Å². The second kappa shape index (κ2) is 5.19. The molecule has 0 aliphatic rings. The van der Waals surface area contributed by atoms with Crippen LogP contribution < -0.4 is 10.5 Å². The van der Waals surface area contributed by atoms with Crippen LogP contribution in [-0.4, -0.2) is 7.11 Å². The summed E-state index contributed by atoms with van der Waals surface area (Å²) in [5.41, 5.74) is 7.34. The van der Waals surface area contributed by atoms with E-state index in [-0.39, 0.29) is 6.04 Å². The Kier molecular flexibility index (Phi) is 3.64. The molecule has 0 spiro atoms. The summed E-state index contributed by atoms with van der Waals surface area (Å²) in [6.45, 7) is 2.16. The minimum absolute atomic E-state index is 0.145. The molecular weight excluding hydrogens is 210 g/mol. The molecule has 0 bridgehead atoms. The van der Waals surface area contributed by atoms with Crippen LogP contribution >= 0.6 is 0 Å². The standard InChI is InChI=1S/C15H19NO/c1-3-4-15(16)13-6-5-12-10-14(17-2)8-7-11(12)9-13/h5-10,15H,3-4,16H2,1-2H3/t15-/m1/s1. The monoisotopic (exact) mass is 229 g/mol. The fourth-order valence-electron chi connectivity index (χ4n) is 2.08. The average molecular weight is 229 g/mol. The maximum absolute atomic E-state index is 6.13. The Bertz CT molecular complexity index is 507. The molecular formula is C15H19NO. The Morgan fingerprint density at radius 1 is 1.12 bits per heavy atom. The van der Waals surface area contributed by atoms with Crippen molar-refractivity contribution in [3.8, 4) is 5.75 Å². The van der Waals surface area contributed by atoms with Gasteiger partial charge in [-0.05, 0) is 41.0 Å². The van der Waals surface area contributed by atoms with Gasteiger partial charge in [-0.3, -0.25) is 0 Å². The number of hydrogen-bond acceptors (Lipinski definition) is 2. The second-order valence-electron chi connectivity index (χ2n) is 4.37. The van der Waals surface area contributed by atoms with Crippen LogP contribution in [0.25, 0.3) is 10.8 Å². The van der Waals surface area contributed by atoms with Crippen LogP contribution in [0.5, 0.6) is 5.75 Å². The molecule has 2 heteroatoms. The molecule has 0 aliphatic carbocycles. The molecule has 2 aromatic carbocycles. The van der Waals surface area contributed by atoms with Crippen LogP contribution in [0.15, 0.2) is 36.4 Å². The summed E-state index contributed by atoms with van der Waals surface area (Å²) in [7, 11) is 1.69. The Balaban J connectivity index is 2.37. The number of methoxy groups -OCH3 is 1. The smallest absolute Gasteiger partial charge is 0.119 e. The predicted octanol–water partition coefficient (Wildman–Crippen LogP) is 3.65. The van der Waals surface area contributed by atoms with Crippen molar-refractivity contribution in [3.05, 3.63) is 42.0 Å². The first-order valence-corrected chi connectivity index (χ1v) is 6.08. The van der Waals surface area contributed by atoms with E-state index >= 15 is 0 Å². The van der Waals surface area contributed by atoms with Gasteiger partial charge in [-0.2, -0.15) is 0 Å². The van der Waals surface area contributed by atoms with E-state index in [0.29, 0.717) is 0 Å². The van der Waals surface area contributed by atoms with E-state index in [1.165, 1.54) is 16.3 Å². The van der Waals surface area contributed by atoms with Crippen molar-refractivity contribution in [2.45, 2.75) is 25.8 Å². The number of fused-ring (bicyclic) bond motifs is 1. The van der Waals surface area contributed by atoms with Gasteiger partial charge in [-0.1, -0.05) is 31.5 Å². The molecule has 17 heavy (non-hydrogen) atoms. The topological polar surface area (TPSA) is 35.2 Å². The normalized spacial score (nSPS) is 12.6. The third kappa shape index (κ3) is 2.59. The molecule has 0 saturated heterocycles. The SMILES string of the molecule is CCC[C@@H](N)c1ccc2cc(OC)ccc2c1. The van der Waals surface area contributed by atoms with E-state index in [2.05, 4.69) is 31.2 Å². The Labute approximate surface area is 102 Å². The molecule has 1 atom stereocenters. The quantitative estimate of drug-likeness (QED) is 0.868. The molecule has 2 nitrogen and oxygen atoms in total. The lowest BCUT2D eigenvalue weighted by Crippen LogP contribution is -2.09. The fraction of sp³-hybridized carbons (Fsp3) is 0.333. The third-order valence-corrected chi connectivity index (χ3v) is 3.10. The van der Waals surface area contributed by atoms with Gasteiger partial charge in [-0.15, -0.1) is 0 Å². The Morgan fingerprint density at radius 3 is 2.53 bits per heavy atom. The van der Waals surface area contributed by atoms with Gasteiger partial charge in [-0.25, -0.2) is 0 Å². The summed E-state index contributed by atoms with van der Waals surface area (Å²) in [6, 6.07) is 12.7. The van der Waals surface area contributed by atoms with Gasteiger partial charge in [0.2, 0.25) is 0 Å². The zero-order valence-corrected chi connectivity index (χ0v) is 10.4. The number of benzene rings is 2. The van der Waals surface area contributed by atoms with Gasteiger partial charge in [0, 0.05) is 6.04 Å². The van der Waals surface area contributed by atoms with E-state index in [1.807, 2.05) is 12.1 Å². The molecule has 0 aromatic heterocycles. The second-order valence-corrected chi connectivity index (χ2v) is 4.37. The van der Waals surface area contributed by atoms with Crippen LogP contribution in [-0.2, 0) is 0 Å². The summed E-state index contributed by atoms with van der Waals surface area (Å²) in [4.78, 5) is 0. The summed E-state index contributed by atoms with van der Waals surface area (Å²) in [5.74, 6) is 0.892. The van der Waals surface area contributed by atoms with Gasteiger partial charge in [0.05, 0.1) is 7.11 Å². The summed E-state index contributed by atoms with van der Waals surface area (Å²) in [6.07, 6.45) is 2.14. The van der Waals surface area contributed by atoms with Crippen LogP contribution in [0.1, 0.15) is 31.4 Å². The van der Waals surface area contributed by atoms with Gasteiger partial charge in [0.25, 0.3) is 0 Å². The lowest BCUT2D eigenvalue weighted by atomic mass is 9.99. The molecule has 0 radical (unpaired) electrons. The molecule has 2 N–H and O–H groups in total. The molecule has 0 saturated carbocycles. The molecule has 0 fully saturated rings. The minimum atomic E-state index is 0.145. The summed E-state index contributed by atoms with van der Waals surface area (Å²) < 4.78 is 5.21. The third-order valence-electron chi connectivity index (χ3n) is 3.10. The van der Waals surface area contributed by atoms with Crippen molar-refractivity contribution in [3.63, 3.8) is 0 Å². The van der Waals surface area contributed by atoms with E-state index < -0.39 is 0 Å². The van der Waals surface area contributed by atoms with Gasteiger partial charge in [0.15, 0.2) is 0 Å². The predicted molar refractivity (Wildman–Crippen MR) is 72.3 cm³/mol. The molecule has 0 aliphatic heterocycles. The van der Waals surface area contributed by atoms with Crippen molar-refractivity contribution in [1.82, 2.24) is 0 Å². The minimum Gasteiger partial charge on any atom is -0.497 e. The first-order chi connectivity index (χ1) is 8.24. The van der Waals surface area contributed by atoms with Gasteiger partial charge >= 0.3 is 0 Å². The zero-order chi connectivity index (χ0) is 12.3. The van der Waals surface area contributed by atoms with Crippen LogP contribution in [0, 0.1) is 0 Å². The molecule has 0 unspecified atom stereocenters. The first kappa shape index (κ1) is 11.9. The maximum Gasteiger partial charge on any atom is 0.119 e. The molecule has 0 heterocycles. The number of ether oxygens (including phenoxy) is 1. The summed E-state index contributed by atoms with van der Waals surface area (Å²) >= 11 is 0. The summed E-state index contributed by atoms with van der Waals surface area (Å²) in [5, 5.41) is 2.41. The fourth-order valence-corrected chi connectivity index (χ4v) is 2.08. The van der Waals surface area contributed by atoms with E-state index in [0.717, 1.165) is 18.6 Å². The number of rotatable bonds is 4. The highest BCUT2D eigenvalue weighted by atomic mass is 16.5. The van der Waals surface area contributed by atoms with Crippen molar-refractivity contribution >= 4 is 10.8 Å². The molecule has 90 valence electrons. The molecule has 2 aromatic rings. The van der Waals surface area contributed by atoms with Gasteiger partial charge < -0.3 is 10.5 Å². The molecule has 2 rings (SSSR count). The Hall–Kier alpha value is -1.54. The maximum atomic E-state index is 6.13. The van der Waals surface area contributed by atoms with E-state index in [4.69, 9.17) is 10.5 Å². The zero-order valence-electron chi connectivity index (χ0n) is 10.4. The lowest BCUT2D eigenvalue weighted by molar-refractivity contribution is 0.415. The van der Waals surface area contributed by atoms with Crippen molar-refractivity contribution in [2.75, 3.05) is 7.11 Å². The largest absolute Gasteiger partial charge is 0.497 e. The Morgan fingerprint density at radius 2 is 1.82 bits per heavy atom. The van der Waals surface area contributed by atoms with E-state index in [1.54, 1.807) is 7.11 Å².